The van der Waals surface area contributed by atoms with E-state index in [0.29, 0.717) is 19.4 Å². The van der Waals surface area contributed by atoms with Crippen molar-refractivity contribution in [3.05, 3.63) is 36.3 Å². The van der Waals surface area contributed by atoms with Crippen molar-refractivity contribution in [1.29, 1.82) is 0 Å². The van der Waals surface area contributed by atoms with Crippen LogP contribution in [0.5, 0.6) is 0 Å². The maximum atomic E-state index is 11.9. The number of amides is 1. The van der Waals surface area contributed by atoms with Gasteiger partial charge >= 0.3 is 0 Å². The van der Waals surface area contributed by atoms with E-state index in [-0.39, 0.29) is 12.0 Å². The highest BCUT2D eigenvalue weighted by Gasteiger charge is 2.20. The van der Waals surface area contributed by atoms with Crippen molar-refractivity contribution in [2.75, 3.05) is 6.54 Å². The molecule has 1 aliphatic heterocycles. The standard InChI is InChI=1S/C16H20N4O2/c1-2-12-9-14(22-19-12)10-17-16(21)7-6-13-11-20-8-4-3-5-15(20)18-13/h3-5,8,11,14H,2,6-7,9-10H2,1H3,(H,17,21)/t14-/m0/s1. The van der Waals surface area contributed by atoms with Crippen LogP contribution in [0.2, 0.25) is 0 Å². The van der Waals surface area contributed by atoms with Crippen LogP contribution in [-0.2, 0) is 16.1 Å². The van der Waals surface area contributed by atoms with Crippen LogP contribution in [0, 0.1) is 0 Å². The van der Waals surface area contributed by atoms with Gasteiger partial charge in [0.1, 0.15) is 11.8 Å². The van der Waals surface area contributed by atoms with Gasteiger partial charge in [0.15, 0.2) is 0 Å². The van der Waals surface area contributed by atoms with E-state index in [1.165, 1.54) is 0 Å². The zero-order valence-electron chi connectivity index (χ0n) is 12.7. The molecule has 1 amide bonds. The quantitative estimate of drug-likeness (QED) is 0.886. The molecule has 3 rings (SSSR count). The fourth-order valence-electron chi connectivity index (χ4n) is 2.47. The summed E-state index contributed by atoms with van der Waals surface area (Å²) in [6, 6.07) is 5.86. The number of carbonyl (C=O) groups excluding carboxylic acids is 1. The molecule has 0 spiro atoms. The summed E-state index contributed by atoms with van der Waals surface area (Å²) in [6.07, 6.45) is 6.67. The van der Waals surface area contributed by atoms with Crippen molar-refractivity contribution in [1.82, 2.24) is 14.7 Å². The van der Waals surface area contributed by atoms with Gasteiger partial charge in [-0.05, 0) is 25.0 Å². The van der Waals surface area contributed by atoms with Crippen LogP contribution in [0.15, 0.2) is 35.7 Å². The minimum Gasteiger partial charge on any atom is -0.390 e. The lowest BCUT2D eigenvalue weighted by Crippen LogP contribution is -2.32. The molecule has 0 saturated heterocycles. The smallest absolute Gasteiger partial charge is 0.220 e. The highest BCUT2D eigenvalue weighted by molar-refractivity contribution is 5.85. The molecule has 6 heteroatoms. The number of nitrogens with zero attached hydrogens (tertiary/aromatic N) is 3. The van der Waals surface area contributed by atoms with E-state index >= 15 is 0 Å². The van der Waals surface area contributed by atoms with E-state index in [1.54, 1.807) is 0 Å². The Morgan fingerprint density at radius 3 is 3.18 bits per heavy atom. The van der Waals surface area contributed by atoms with Crippen molar-refractivity contribution in [2.24, 2.45) is 5.16 Å². The molecule has 0 radical (unpaired) electrons. The largest absolute Gasteiger partial charge is 0.390 e. The summed E-state index contributed by atoms with van der Waals surface area (Å²) in [5, 5.41) is 6.89. The van der Waals surface area contributed by atoms with Crippen molar-refractivity contribution in [3.63, 3.8) is 0 Å². The van der Waals surface area contributed by atoms with Crippen LogP contribution in [0.4, 0.5) is 0 Å². The third-order valence-electron chi connectivity index (χ3n) is 3.75. The summed E-state index contributed by atoms with van der Waals surface area (Å²) in [5.41, 5.74) is 2.89. The van der Waals surface area contributed by atoms with Crippen molar-refractivity contribution >= 4 is 17.3 Å². The number of rotatable bonds is 6. The molecule has 0 aromatic carbocycles. The van der Waals surface area contributed by atoms with Crippen LogP contribution in [0.1, 0.15) is 31.9 Å². The normalized spacial score (nSPS) is 17.3. The number of hydrogen-bond acceptors (Lipinski definition) is 4. The summed E-state index contributed by atoms with van der Waals surface area (Å²) < 4.78 is 1.96. The predicted octanol–water partition coefficient (Wildman–Crippen LogP) is 1.94. The fourth-order valence-corrected chi connectivity index (χ4v) is 2.47. The van der Waals surface area contributed by atoms with E-state index in [1.807, 2.05) is 35.0 Å². The molecule has 2 aromatic rings. The van der Waals surface area contributed by atoms with Gasteiger partial charge in [0.2, 0.25) is 5.91 Å². The van der Waals surface area contributed by atoms with Gasteiger partial charge in [0.05, 0.1) is 18.0 Å². The first-order chi connectivity index (χ1) is 10.7. The average Bonchev–Trinajstić information content (AvgIpc) is 3.16. The highest BCUT2D eigenvalue weighted by atomic mass is 16.6. The molecule has 116 valence electrons. The molecule has 0 saturated carbocycles. The van der Waals surface area contributed by atoms with Gasteiger partial charge in [0.25, 0.3) is 0 Å². The number of aromatic nitrogens is 2. The lowest BCUT2D eigenvalue weighted by molar-refractivity contribution is -0.121. The first-order valence-electron chi connectivity index (χ1n) is 7.65. The molecular weight excluding hydrogens is 280 g/mol. The van der Waals surface area contributed by atoms with Gasteiger partial charge in [-0.2, -0.15) is 0 Å². The molecule has 3 heterocycles. The third-order valence-corrected chi connectivity index (χ3v) is 3.75. The van der Waals surface area contributed by atoms with Crippen LogP contribution < -0.4 is 5.32 Å². The monoisotopic (exact) mass is 300 g/mol. The zero-order chi connectivity index (χ0) is 15.4. The number of pyridine rings is 1. The van der Waals surface area contributed by atoms with E-state index < -0.39 is 0 Å². The van der Waals surface area contributed by atoms with Gasteiger partial charge in [-0.15, -0.1) is 0 Å². The van der Waals surface area contributed by atoms with Crippen LogP contribution in [0.3, 0.4) is 0 Å². The van der Waals surface area contributed by atoms with E-state index in [9.17, 15) is 4.79 Å². The molecule has 0 unspecified atom stereocenters. The molecule has 22 heavy (non-hydrogen) atoms. The first-order valence-corrected chi connectivity index (χ1v) is 7.65. The summed E-state index contributed by atoms with van der Waals surface area (Å²) in [5.74, 6) is 0.0191. The number of fused-ring (bicyclic) bond motifs is 1. The lowest BCUT2D eigenvalue weighted by atomic mass is 10.1. The number of hydrogen-bond donors (Lipinski definition) is 1. The molecule has 1 N–H and O–H groups in total. The molecule has 1 aliphatic rings. The molecule has 0 aliphatic carbocycles. The maximum absolute atomic E-state index is 11.9. The summed E-state index contributed by atoms with van der Waals surface area (Å²) >= 11 is 0. The molecule has 2 aromatic heterocycles. The van der Waals surface area contributed by atoms with Gasteiger partial charge in [0, 0.05) is 25.2 Å². The lowest BCUT2D eigenvalue weighted by Gasteiger charge is -2.09. The Balaban J connectivity index is 1.42. The SMILES string of the molecule is CCC1=NO[C@H](CNC(=O)CCc2cn3ccccc3n2)C1. The molecule has 1 atom stereocenters. The minimum atomic E-state index is -0.0194. The second-order valence-corrected chi connectivity index (χ2v) is 5.45. The Hall–Kier alpha value is -2.37. The summed E-state index contributed by atoms with van der Waals surface area (Å²) in [6.45, 7) is 2.56. The Morgan fingerprint density at radius 1 is 1.50 bits per heavy atom. The van der Waals surface area contributed by atoms with Crippen molar-refractivity contribution in [2.45, 2.75) is 38.7 Å². The Bertz CT molecular complexity index is 659. The fraction of sp³-hybridized carbons (Fsp3) is 0.438. The summed E-state index contributed by atoms with van der Waals surface area (Å²) in [4.78, 5) is 21.7. The average molecular weight is 300 g/mol. The van der Waals surface area contributed by atoms with Gasteiger partial charge in [-0.3, -0.25) is 4.79 Å². The minimum absolute atomic E-state index is 0.0191. The van der Waals surface area contributed by atoms with E-state index in [2.05, 4.69) is 22.4 Å². The van der Waals surface area contributed by atoms with Crippen LogP contribution in [0.25, 0.3) is 5.65 Å². The molecule has 0 bridgehead atoms. The van der Waals surface area contributed by atoms with Gasteiger partial charge in [-0.1, -0.05) is 18.1 Å². The number of aryl methyl sites for hydroxylation is 1. The highest BCUT2D eigenvalue weighted by Crippen LogP contribution is 2.11. The Kier molecular flexibility index (Phi) is 4.37. The molecule has 6 nitrogen and oxygen atoms in total. The number of imidazole rings is 1. The Morgan fingerprint density at radius 2 is 2.41 bits per heavy atom. The number of nitrogens with one attached hydrogen (secondary N) is 1. The summed E-state index contributed by atoms with van der Waals surface area (Å²) in [7, 11) is 0. The van der Waals surface area contributed by atoms with E-state index in [0.717, 1.165) is 29.9 Å². The second-order valence-electron chi connectivity index (χ2n) is 5.45. The van der Waals surface area contributed by atoms with Crippen molar-refractivity contribution in [3.8, 4) is 0 Å². The third kappa shape index (κ3) is 3.44. The second kappa shape index (κ2) is 6.60. The molecular formula is C16H20N4O2. The maximum Gasteiger partial charge on any atom is 0.220 e. The first kappa shape index (κ1) is 14.6. The zero-order valence-corrected chi connectivity index (χ0v) is 12.7. The van der Waals surface area contributed by atoms with Gasteiger partial charge in [-0.25, -0.2) is 4.98 Å². The van der Waals surface area contributed by atoms with Gasteiger partial charge < -0.3 is 14.6 Å². The predicted molar refractivity (Wildman–Crippen MR) is 83.7 cm³/mol. The number of oxime groups is 1. The van der Waals surface area contributed by atoms with Crippen LogP contribution >= 0.6 is 0 Å². The molecule has 0 fully saturated rings. The van der Waals surface area contributed by atoms with Crippen LogP contribution in [-0.4, -0.2) is 33.7 Å². The Labute approximate surface area is 129 Å². The van der Waals surface area contributed by atoms with E-state index in [4.69, 9.17) is 4.84 Å². The topological polar surface area (TPSA) is 68.0 Å². The number of carbonyl (C=O) groups is 1. The van der Waals surface area contributed by atoms with Crippen molar-refractivity contribution < 1.29 is 9.63 Å².